The Morgan fingerprint density at radius 1 is 0.900 bits per heavy atom. The van der Waals surface area contributed by atoms with Crippen molar-refractivity contribution in [2.45, 2.75) is 13.3 Å². The molecular formula is C26H15Cl4N3O7. The first-order valence-electron chi connectivity index (χ1n) is 11.5. The van der Waals surface area contributed by atoms with Crippen molar-refractivity contribution in [3.05, 3.63) is 89.4 Å². The summed E-state index contributed by atoms with van der Waals surface area (Å²) >= 11 is 24.4. The van der Waals surface area contributed by atoms with E-state index in [1.165, 1.54) is 41.3 Å². The molecule has 10 nitrogen and oxygen atoms in total. The van der Waals surface area contributed by atoms with E-state index in [1.807, 2.05) is 0 Å². The fourth-order valence-corrected chi connectivity index (χ4v) is 5.54. The molecule has 0 unspecified atom stereocenters. The Labute approximate surface area is 246 Å². The molecule has 3 amide bonds. The van der Waals surface area contributed by atoms with Crippen LogP contribution in [0, 0.1) is 23.0 Å². The number of hydrogen-bond acceptors (Lipinski definition) is 7. The highest BCUT2D eigenvalue weighted by atomic mass is 35.5. The van der Waals surface area contributed by atoms with Crippen molar-refractivity contribution in [3.63, 3.8) is 0 Å². The zero-order valence-electron chi connectivity index (χ0n) is 20.2. The van der Waals surface area contributed by atoms with Crippen LogP contribution >= 0.6 is 46.4 Å². The molecule has 3 aromatic carbocycles. The van der Waals surface area contributed by atoms with E-state index in [0.717, 1.165) is 4.90 Å². The molecule has 3 aromatic rings. The number of esters is 1. The number of anilines is 2. The normalized spacial score (nSPS) is 16.5. The fraction of sp³-hybridized carbons (Fsp3) is 0.154. The van der Waals surface area contributed by atoms with Crippen molar-refractivity contribution < 1.29 is 28.8 Å². The number of aryl methyl sites for hydroxylation is 1. The van der Waals surface area contributed by atoms with Crippen LogP contribution in [-0.2, 0) is 9.59 Å². The topological polar surface area (TPSA) is 127 Å². The first-order valence-corrected chi connectivity index (χ1v) is 13.0. The molecule has 2 heterocycles. The van der Waals surface area contributed by atoms with Gasteiger partial charge in [-0.2, -0.15) is 0 Å². The Balaban J connectivity index is 1.30. The summed E-state index contributed by atoms with van der Waals surface area (Å²) in [5.41, 5.74) is 0.427. The number of fused-ring (bicyclic) bond motifs is 1. The summed E-state index contributed by atoms with van der Waals surface area (Å²) in [6, 6.07) is 9.91. The van der Waals surface area contributed by atoms with Crippen LogP contribution in [0.4, 0.5) is 17.1 Å². The third-order valence-corrected chi connectivity index (χ3v) is 8.38. The van der Waals surface area contributed by atoms with Gasteiger partial charge < -0.3 is 9.64 Å². The number of rotatable bonds is 5. The smallest absolute Gasteiger partial charge is 0.316 e. The minimum atomic E-state index is -0.817. The Hall–Kier alpha value is -3.70. The Kier molecular flexibility index (Phi) is 7.22. The molecular weight excluding hydrogens is 608 g/mol. The second kappa shape index (κ2) is 10.4. The van der Waals surface area contributed by atoms with Crippen molar-refractivity contribution in [3.8, 4) is 5.75 Å². The zero-order chi connectivity index (χ0) is 29.0. The highest BCUT2D eigenvalue weighted by Crippen LogP contribution is 2.45. The molecule has 0 aliphatic carbocycles. The Bertz CT molecular complexity index is 1610. The van der Waals surface area contributed by atoms with Crippen molar-refractivity contribution in [2.75, 3.05) is 16.3 Å². The predicted molar refractivity (Wildman–Crippen MR) is 148 cm³/mol. The maximum Gasteiger partial charge on any atom is 0.316 e. The fourth-order valence-electron chi connectivity index (χ4n) is 4.52. The molecule has 1 saturated heterocycles. The van der Waals surface area contributed by atoms with Crippen molar-refractivity contribution in [2.24, 2.45) is 5.92 Å². The van der Waals surface area contributed by atoms with Gasteiger partial charge in [-0.1, -0.05) is 52.5 Å². The lowest BCUT2D eigenvalue weighted by Gasteiger charge is -2.17. The van der Waals surface area contributed by atoms with E-state index in [9.17, 15) is 29.3 Å². The number of hydrogen-bond donors (Lipinski definition) is 0. The minimum Gasteiger partial charge on any atom is -0.426 e. The van der Waals surface area contributed by atoms with Gasteiger partial charge in [-0.05, 0) is 37.3 Å². The van der Waals surface area contributed by atoms with E-state index in [2.05, 4.69) is 0 Å². The number of nitrogens with zero attached hydrogens (tertiary/aromatic N) is 3. The summed E-state index contributed by atoms with van der Waals surface area (Å²) in [7, 11) is 0. The molecule has 1 fully saturated rings. The summed E-state index contributed by atoms with van der Waals surface area (Å²) in [6.45, 7) is 1.57. The van der Waals surface area contributed by atoms with Crippen molar-refractivity contribution >= 4 is 87.2 Å². The van der Waals surface area contributed by atoms with Crippen LogP contribution in [0.2, 0.25) is 20.1 Å². The predicted octanol–water partition coefficient (Wildman–Crippen LogP) is 6.28. The van der Waals surface area contributed by atoms with E-state index in [0.29, 0.717) is 11.3 Å². The van der Waals surface area contributed by atoms with Crippen LogP contribution in [0.1, 0.15) is 32.7 Å². The lowest BCUT2D eigenvalue weighted by Crippen LogP contribution is -2.29. The molecule has 0 aromatic heterocycles. The van der Waals surface area contributed by atoms with Crippen molar-refractivity contribution in [1.82, 2.24) is 0 Å². The van der Waals surface area contributed by atoms with Crippen LogP contribution in [0.15, 0.2) is 42.5 Å². The van der Waals surface area contributed by atoms with Gasteiger partial charge in [0.15, 0.2) is 0 Å². The first kappa shape index (κ1) is 27.9. The van der Waals surface area contributed by atoms with Gasteiger partial charge in [0, 0.05) is 24.6 Å². The molecule has 14 heteroatoms. The molecule has 2 aliphatic rings. The van der Waals surface area contributed by atoms with Gasteiger partial charge in [0.25, 0.3) is 17.5 Å². The molecule has 2 aliphatic heterocycles. The van der Waals surface area contributed by atoms with Gasteiger partial charge in [0.05, 0.1) is 53.4 Å². The number of halogens is 4. The number of nitro benzene ring substituents is 1. The molecule has 0 bridgehead atoms. The van der Waals surface area contributed by atoms with Crippen LogP contribution in [-0.4, -0.2) is 35.2 Å². The number of ether oxygens (including phenoxy) is 1. The third-order valence-electron chi connectivity index (χ3n) is 6.57. The number of carbonyl (C=O) groups excluding carboxylic acids is 4. The lowest BCUT2D eigenvalue weighted by atomic mass is 10.1. The number of carbonyl (C=O) groups is 4. The third kappa shape index (κ3) is 4.56. The number of nitro groups is 1. The molecule has 0 N–H and O–H groups in total. The quantitative estimate of drug-likeness (QED) is 0.0623. The number of imide groups is 1. The summed E-state index contributed by atoms with van der Waals surface area (Å²) in [4.78, 5) is 64.4. The van der Waals surface area contributed by atoms with E-state index < -0.39 is 28.6 Å². The van der Waals surface area contributed by atoms with Gasteiger partial charge >= 0.3 is 5.97 Å². The molecule has 5 rings (SSSR count). The summed E-state index contributed by atoms with van der Waals surface area (Å²) in [6.07, 6.45) is -0.139. The summed E-state index contributed by atoms with van der Waals surface area (Å²) in [5, 5.41) is 10.6. The zero-order valence-corrected chi connectivity index (χ0v) is 23.3. The SMILES string of the molecule is Cc1ccc(N2C[C@@H](C(=O)Oc3ccc(N4C(=O)c5c(Cl)c(Cl)c(Cl)c(Cl)c5C4=O)cc3)CC2=O)cc1[N+](=O)[O-]. The van der Waals surface area contributed by atoms with Gasteiger partial charge in [0.2, 0.25) is 5.91 Å². The molecule has 0 saturated carbocycles. The highest BCUT2D eigenvalue weighted by Gasteiger charge is 2.42. The summed E-state index contributed by atoms with van der Waals surface area (Å²) in [5.74, 6) is -3.29. The maximum atomic E-state index is 13.0. The van der Waals surface area contributed by atoms with E-state index in [-0.39, 0.29) is 67.2 Å². The van der Waals surface area contributed by atoms with Crippen LogP contribution in [0.5, 0.6) is 5.75 Å². The van der Waals surface area contributed by atoms with Gasteiger partial charge in [0.1, 0.15) is 5.75 Å². The first-order chi connectivity index (χ1) is 18.9. The second-order valence-electron chi connectivity index (χ2n) is 9.00. The number of amides is 3. The van der Waals surface area contributed by atoms with E-state index in [4.69, 9.17) is 51.1 Å². The minimum absolute atomic E-state index is 0.0162. The van der Waals surface area contributed by atoms with Crippen LogP contribution < -0.4 is 14.5 Å². The second-order valence-corrected chi connectivity index (χ2v) is 10.5. The monoisotopic (exact) mass is 621 g/mol. The highest BCUT2D eigenvalue weighted by molar-refractivity contribution is 6.56. The van der Waals surface area contributed by atoms with E-state index in [1.54, 1.807) is 13.0 Å². The van der Waals surface area contributed by atoms with Crippen LogP contribution in [0.25, 0.3) is 0 Å². The molecule has 40 heavy (non-hydrogen) atoms. The molecule has 0 radical (unpaired) electrons. The maximum absolute atomic E-state index is 13.0. The Morgan fingerprint density at radius 3 is 2.00 bits per heavy atom. The molecule has 204 valence electrons. The van der Waals surface area contributed by atoms with Gasteiger partial charge in [-0.3, -0.25) is 29.3 Å². The largest absolute Gasteiger partial charge is 0.426 e. The molecule has 1 atom stereocenters. The van der Waals surface area contributed by atoms with Crippen molar-refractivity contribution in [1.29, 1.82) is 0 Å². The summed E-state index contributed by atoms with van der Waals surface area (Å²) < 4.78 is 5.42. The van der Waals surface area contributed by atoms with Gasteiger partial charge in [-0.25, -0.2) is 4.90 Å². The standard InChI is InChI=1S/C26H15Cl4N3O7/c1-11-2-3-14(9-16(11)33(38)39)31-10-12(8-17(31)34)26(37)40-15-6-4-13(5-7-15)32-24(35)18-19(25(32)36)21(28)23(30)22(29)20(18)27/h2-7,9,12H,8,10H2,1H3/t12-/m0/s1. The average molecular weight is 623 g/mol. The number of benzene rings is 3. The lowest BCUT2D eigenvalue weighted by molar-refractivity contribution is -0.385. The molecule has 0 spiro atoms. The Morgan fingerprint density at radius 2 is 1.45 bits per heavy atom. The average Bonchev–Trinajstić information content (AvgIpc) is 3.43. The van der Waals surface area contributed by atoms with E-state index >= 15 is 0 Å². The van der Waals surface area contributed by atoms with Crippen LogP contribution in [0.3, 0.4) is 0 Å². The van der Waals surface area contributed by atoms with Gasteiger partial charge in [-0.15, -0.1) is 0 Å².